The lowest BCUT2D eigenvalue weighted by molar-refractivity contribution is 0.0986. The van der Waals surface area contributed by atoms with Gasteiger partial charge < -0.3 is 0 Å². The molecule has 0 spiro atoms. The molecular formula is C13H18O3S2. The highest BCUT2D eigenvalue weighted by atomic mass is 32.2. The maximum Gasteiger partial charge on any atom is 0.172 e. The first-order valence-corrected chi connectivity index (χ1v) is 9.01. The minimum absolute atomic E-state index is 0.0979. The van der Waals surface area contributed by atoms with Gasteiger partial charge in [0.25, 0.3) is 0 Å². The average Bonchev–Trinajstić information content (AvgIpc) is 2.88. The number of carbonyl (C=O) groups excluding carboxylic acids is 1. The first-order chi connectivity index (χ1) is 8.52. The predicted octanol–water partition coefficient (Wildman–Crippen LogP) is 2.63. The van der Waals surface area contributed by atoms with Crippen LogP contribution in [0.15, 0.2) is 6.07 Å². The molecule has 0 unspecified atom stereocenters. The molecule has 1 aromatic heterocycles. The molecule has 0 amide bonds. The standard InChI is InChI=1S/C13H18O3S2/c1-2-18(15,16)8-4-6-11(14)13-9-10-5-3-7-12(10)17-13/h9H,2-8H2,1H3. The van der Waals surface area contributed by atoms with Crippen LogP contribution in [-0.2, 0) is 22.7 Å². The molecule has 0 N–H and O–H groups in total. The van der Waals surface area contributed by atoms with Crippen LogP contribution < -0.4 is 0 Å². The highest BCUT2D eigenvalue weighted by Gasteiger charge is 2.18. The van der Waals surface area contributed by atoms with Crippen molar-refractivity contribution < 1.29 is 13.2 Å². The van der Waals surface area contributed by atoms with E-state index in [4.69, 9.17) is 0 Å². The smallest absolute Gasteiger partial charge is 0.172 e. The highest BCUT2D eigenvalue weighted by molar-refractivity contribution is 7.91. The number of sulfone groups is 1. The van der Waals surface area contributed by atoms with E-state index in [2.05, 4.69) is 0 Å². The fourth-order valence-electron chi connectivity index (χ4n) is 2.19. The van der Waals surface area contributed by atoms with Crippen LogP contribution in [0.3, 0.4) is 0 Å². The summed E-state index contributed by atoms with van der Waals surface area (Å²) in [5, 5.41) is 0. The predicted molar refractivity (Wildman–Crippen MR) is 74.2 cm³/mol. The van der Waals surface area contributed by atoms with Crippen LogP contribution >= 0.6 is 11.3 Å². The molecule has 18 heavy (non-hydrogen) atoms. The van der Waals surface area contributed by atoms with Gasteiger partial charge in [-0.3, -0.25) is 4.79 Å². The molecule has 1 heterocycles. The van der Waals surface area contributed by atoms with Crippen molar-refractivity contribution in [3.63, 3.8) is 0 Å². The molecule has 0 fully saturated rings. The Morgan fingerprint density at radius 2 is 2.17 bits per heavy atom. The van der Waals surface area contributed by atoms with E-state index in [1.165, 1.54) is 16.9 Å². The first kappa shape index (κ1) is 13.7. The molecule has 0 aromatic carbocycles. The molecule has 0 atom stereocenters. The molecule has 0 radical (unpaired) electrons. The summed E-state index contributed by atoms with van der Waals surface area (Å²) >= 11 is 1.59. The van der Waals surface area contributed by atoms with Crippen molar-refractivity contribution in [2.24, 2.45) is 0 Å². The van der Waals surface area contributed by atoms with E-state index in [1.54, 1.807) is 18.3 Å². The van der Waals surface area contributed by atoms with Crippen molar-refractivity contribution in [3.05, 3.63) is 21.4 Å². The SMILES string of the molecule is CCS(=O)(=O)CCCC(=O)c1cc2c(s1)CCC2. The molecule has 1 aliphatic rings. The van der Waals surface area contributed by atoms with E-state index in [-0.39, 0.29) is 17.3 Å². The van der Waals surface area contributed by atoms with Crippen LogP contribution in [0.5, 0.6) is 0 Å². The second-order valence-electron chi connectivity index (χ2n) is 4.68. The summed E-state index contributed by atoms with van der Waals surface area (Å²) in [7, 11) is -2.94. The van der Waals surface area contributed by atoms with Crippen LogP contribution in [0.1, 0.15) is 46.3 Å². The van der Waals surface area contributed by atoms with Crippen molar-refractivity contribution in [1.29, 1.82) is 0 Å². The normalized spacial score (nSPS) is 14.7. The quantitative estimate of drug-likeness (QED) is 0.755. The number of fused-ring (bicyclic) bond motifs is 1. The summed E-state index contributed by atoms with van der Waals surface area (Å²) in [6.45, 7) is 1.64. The Bertz CT molecular complexity index is 519. The van der Waals surface area contributed by atoms with Gasteiger partial charge in [0, 0.05) is 17.1 Å². The number of carbonyl (C=O) groups is 1. The minimum Gasteiger partial charge on any atom is -0.293 e. The lowest BCUT2D eigenvalue weighted by Crippen LogP contribution is -2.10. The summed E-state index contributed by atoms with van der Waals surface area (Å²) in [6, 6.07) is 2.00. The Morgan fingerprint density at radius 1 is 1.39 bits per heavy atom. The van der Waals surface area contributed by atoms with Crippen molar-refractivity contribution in [2.75, 3.05) is 11.5 Å². The molecular weight excluding hydrogens is 268 g/mol. The van der Waals surface area contributed by atoms with E-state index < -0.39 is 9.84 Å². The van der Waals surface area contributed by atoms with Crippen molar-refractivity contribution in [2.45, 2.75) is 39.0 Å². The van der Waals surface area contributed by atoms with E-state index in [0.29, 0.717) is 12.8 Å². The number of Topliss-reactive ketones (excluding diaryl/α,β-unsaturated/α-hetero) is 1. The second-order valence-corrected chi connectivity index (χ2v) is 8.29. The number of aryl methyl sites for hydroxylation is 2. The Balaban J connectivity index is 1.88. The highest BCUT2D eigenvalue weighted by Crippen LogP contribution is 2.31. The summed E-state index contributed by atoms with van der Waals surface area (Å²) in [5.41, 5.74) is 1.32. The molecule has 1 aromatic rings. The lowest BCUT2D eigenvalue weighted by Gasteiger charge is -2.00. The number of ketones is 1. The maximum absolute atomic E-state index is 11.9. The Hall–Kier alpha value is -0.680. The first-order valence-electron chi connectivity index (χ1n) is 6.37. The van der Waals surface area contributed by atoms with E-state index in [0.717, 1.165) is 17.7 Å². The van der Waals surface area contributed by atoms with Crippen molar-refractivity contribution >= 4 is 27.0 Å². The topological polar surface area (TPSA) is 51.2 Å². The van der Waals surface area contributed by atoms with Crippen molar-refractivity contribution in [3.8, 4) is 0 Å². The number of thiophene rings is 1. The van der Waals surface area contributed by atoms with Crippen LogP contribution in [0.4, 0.5) is 0 Å². The molecule has 3 nitrogen and oxygen atoms in total. The molecule has 0 aliphatic heterocycles. The summed E-state index contributed by atoms with van der Waals surface area (Å²) in [5.74, 6) is 0.384. The Kier molecular flexibility index (Phi) is 4.22. The number of hydrogen-bond acceptors (Lipinski definition) is 4. The zero-order valence-corrected chi connectivity index (χ0v) is 12.2. The van der Waals surface area contributed by atoms with Gasteiger partial charge in [-0.25, -0.2) is 8.42 Å². The van der Waals surface area contributed by atoms with Gasteiger partial charge in [-0.05, 0) is 37.3 Å². The third-order valence-corrected chi connectivity index (χ3v) is 6.39. The van der Waals surface area contributed by atoms with Gasteiger partial charge in [0.1, 0.15) is 9.84 Å². The molecule has 0 bridgehead atoms. The monoisotopic (exact) mass is 286 g/mol. The third kappa shape index (κ3) is 3.20. The average molecular weight is 286 g/mol. The van der Waals surface area contributed by atoms with Gasteiger partial charge in [-0.1, -0.05) is 6.92 Å². The van der Waals surface area contributed by atoms with E-state index >= 15 is 0 Å². The van der Waals surface area contributed by atoms with Gasteiger partial charge in [-0.15, -0.1) is 11.3 Å². The van der Waals surface area contributed by atoms with E-state index in [9.17, 15) is 13.2 Å². The zero-order valence-electron chi connectivity index (χ0n) is 10.6. The molecule has 5 heteroatoms. The summed E-state index contributed by atoms with van der Waals surface area (Å²) in [6.07, 6.45) is 4.17. The van der Waals surface area contributed by atoms with Gasteiger partial charge in [-0.2, -0.15) is 0 Å². The van der Waals surface area contributed by atoms with E-state index in [1.807, 2.05) is 6.07 Å². The summed E-state index contributed by atoms with van der Waals surface area (Å²) < 4.78 is 22.6. The van der Waals surface area contributed by atoms with Gasteiger partial charge in [0.2, 0.25) is 0 Å². The third-order valence-electron chi connectivity index (χ3n) is 3.32. The van der Waals surface area contributed by atoms with Gasteiger partial charge >= 0.3 is 0 Å². The lowest BCUT2D eigenvalue weighted by atomic mass is 10.2. The van der Waals surface area contributed by atoms with Crippen LogP contribution in [0.2, 0.25) is 0 Å². The molecule has 0 saturated heterocycles. The molecule has 2 rings (SSSR count). The fourth-order valence-corrected chi connectivity index (χ4v) is 4.28. The molecule has 100 valence electrons. The largest absolute Gasteiger partial charge is 0.293 e. The van der Waals surface area contributed by atoms with Crippen molar-refractivity contribution in [1.82, 2.24) is 0 Å². The van der Waals surface area contributed by atoms with Crippen LogP contribution in [-0.4, -0.2) is 25.7 Å². The molecule has 1 aliphatic carbocycles. The Labute approximate surface area is 112 Å². The minimum atomic E-state index is -2.94. The second kappa shape index (κ2) is 5.53. The van der Waals surface area contributed by atoms with Gasteiger partial charge in [0.05, 0.1) is 10.6 Å². The fraction of sp³-hybridized carbons (Fsp3) is 0.615. The van der Waals surface area contributed by atoms with Crippen LogP contribution in [0.25, 0.3) is 0 Å². The summed E-state index contributed by atoms with van der Waals surface area (Å²) in [4.78, 5) is 14.1. The number of hydrogen-bond donors (Lipinski definition) is 0. The number of rotatable bonds is 6. The zero-order chi connectivity index (χ0) is 13.2. The van der Waals surface area contributed by atoms with Crippen LogP contribution in [0, 0.1) is 0 Å². The Morgan fingerprint density at radius 3 is 2.83 bits per heavy atom. The molecule has 0 saturated carbocycles. The maximum atomic E-state index is 11.9. The van der Waals surface area contributed by atoms with Gasteiger partial charge in [0.15, 0.2) is 5.78 Å².